The van der Waals surface area contributed by atoms with E-state index in [-0.39, 0.29) is 17.0 Å². The van der Waals surface area contributed by atoms with Gasteiger partial charge in [-0.05, 0) is 43.5 Å². The van der Waals surface area contributed by atoms with Crippen molar-refractivity contribution in [1.82, 2.24) is 4.72 Å². The number of hydrogen-bond donors (Lipinski definition) is 2. The molecule has 96 valence electrons. The Morgan fingerprint density at radius 1 is 1.44 bits per heavy atom. The number of hydrogen-bond acceptors (Lipinski definition) is 4. The van der Waals surface area contributed by atoms with Gasteiger partial charge in [-0.15, -0.1) is 0 Å². The minimum absolute atomic E-state index is 0.0686. The minimum Gasteiger partial charge on any atom is -0.328 e. The molecule has 6 heteroatoms. The first-order valence-corrected chi connectivity index (χ1v) is 7.19. The van der Waals surface area contributed by atoms with Gasteiger partial charge >= 0.3 is 0 Å². The van der Waals surface area contributed by atoms with Crippen LogP contribution in [-0.2, 0) is 10.0 Å². The Kier molecular flexibility index (Phi) is 3.39. The Balaban J connectivity index is 2.20. The molecule has 1 aliphatic rings. The molecule has 0 saturated heterocycles. The first-order valence-electron chi connectivity index (χ1n) is 5.71. The highest BCUT2D eigenvalue weighted by atomic mass is 32.2. The fraction of sp³-hybridized carbons (Fsp3) is 0.417. The standard InChI is InChI=1S/C12H15N3O2S/c1-8-4-12(3-2-9(8)7-13)18(16,17)15-11-5-10(14)6-11/h2-4,10-11,15H,5-6,14H2,1H3. The van der Waals surface area contributed by atoms with Crippen LogP contribution >= 0.6 is 0 Å². The Morgan fingerprint density at radius 2 is 2.11 bits per heavy atom. The van der Waals surface area contributed by atoms with Crippen LogP contribution in [0.2, 0.25) is 0 Å². The van der Waals surface area contributed by atoms with E-state index in [9.17, 15) is 8.42 Å². The summed E-state index contributed by atoms with van der Waals surface area (Å²) in [4.78, 5) is 0.194. The lowest BCUT2D eigenvalue weighted by atomic mass is 9.89. The molecule has 2 rings (SSSR count). The van der Waals surface area contributed by atoms with Crippen LogP contribution in [0.25, 0.3) is 0 Å². The molecule has 1 aromatic rings. The molecular weight excluding hydrogens is 250 g/mol. The van der Waals surface area contributed by atoms with E-state index in [1.54, 1.807) is 6.92 Å². The van der Waals surface area contributed by atoms with Gasteiger partial charge in [-0.3, -0.25) is 0 Å². The van der Waals surface area contributed by atoms with Gasteiger partial charge in [0.05, 0.1) is 16.5 Å². The molecule has 0 radical (unpaired) electrons. The van der Waals surface area contributed by atoms with E-state index in [0.29, 0.717) is 24.0 Å². The van der Waals surface area contributed by atoms with Crippen molar-refractivity contribution >= 4 is 10.0 Å². The van der Waals surface area contributed by atoms with Gasteiger partial charge in [0.25, 0.3) is 0 Å². The second-order valence-electron chi connectivity index (χ2n) is 4.64. The van der Waals surface area contributed by atoms with Gasteiger partial charge < -0.3 is 5.73 Å². The van der Waals surface area contributed by atoms with Crippen molar-refractivity contribution < 1.29 is 8.42 Å². The van der Waals surface area contributed by atoms with Crippen LogP contribution in [0.4, 0.5) is 0 Å². The summed E-state index contributed by atoms with van der Waals surface area (Å²) in [5.74, 6) is 0. The highest BCUT2D eigenvalue weighted by Crippen LogP contribution is 2.21. The molecule has 3 N–H and O–H groups in total. The number of nitriles is 1. The number of nitrogens with one attached hydrogen (secondary N) is 1. The molecule has 1 saturated carbocycles. The third-order valence-electron chi connectivity index (χ3n) is 3.12. The molecular formula is C12H15N3O2S. The average Bonchev–Trinajstić information content (AvgIpc) is 2.26. The normalized spacial score (nSPS) is 23.2. The largest absolute Gasteiger partial charge is 0.328 e. The fourth-order valence-corrected chi connectivity index (χ4v) is 3.32. The van der Waals surface area contributed by atoms with Crippen LogP contribution in [0.15, 0.2) is 23.1 Å². The minimum atomic E-state index is -3.51. The lowest BCUT2D eigenvalue weighted by Gasteiger charge is -2.32. The van der Waals surface area contributed by atoms with Crippen molar-refractivity contribution in [3.05, 3.63) is 29.3 Å². The molecule has 5 nitrogen and oxygen atoms in total. The summed E-state index contributed by atoms with van der Waals surface area (Å²) < 4.78 is 26.7. The van der Waals surface area contributed by atoms with Crippen molar-refractivity contribution in [2.45, 2.75) is 36.7 Å². The predicted octanol–water partition coefficient (Wildman–Crippen LogP) is 0.635. The van der Waals surface area contributed by atoms with Crippen LogP contribution in [-0.4, -0.2) is 20.5 Å². The highest BCUT2D eigenvalue weighted by Gasteiger charge is 2.30. The monoisotopic (exact) mass is 265 g/mol. The highest BCUT2D eigenvalue weighted by molar-refractivity contribution is 7.89. The average molecular weight is 265 g/mol. The van der Waals surface area contributed by atoms with Crippen LogP contribution < -0.4 is 10.5 Å². The summed E-state index contributed by atoms with van der Waals surface area (Å²) in [6, 6.07) is 6.53. The second kappa shape index (κ2) is 4.69. The molecule has 0 heterocycles. The van der Waals surface area contributed by atoms with Crippen molar-refractivity contribution in [3.8, 4) is 6.07 Å². The van der Waals surface area contributed by atoms with Gasteiger partial charge in [0.2, 0.25) is 10.0 Å². The molecule has 0 amide bonds. The summed E-state index contributed by atoms with van der Waals surface area (Å²) in [6.45, 7) is 1.72. The summed E-state index contributed by atoms with van der Waals surface area (Å²) >= 11 is 0. The summed E-state index contributed by atoms with van der Waals surface area (Å²) in [6.07, 6.45) is 1.35. The zero-order valence-corrected chi connectivity index (χ0v) is 10.9. The van der Waals surface area contributed by atoms with E-state index >= 15 is 0 Å². The number of rotatable bonds is 3. The summed E-state index contributed by atoms with van der Waals surface area (Å²) in [5, 5.41) is 8.80. The van der Waals surface area contributed by atoms with Crippen LogP contribution in [0.3, 0.4) is 0 Å². The molecule has 0 atom stereocenters. The summed E-state index contributed by atoms with van der Waals surface area (Å²) in [7, 11) is -3.51. The smallest absolute Gasteiger partial charge is 0.240 e. The maximum Gasteiger partial charge on any atom is 0.240 e. The molecule has 0 aliphatic heterocycles. The van der Waals surface area contributed by atoms with Gasteiger partial charge in [0.1, 0.15) is 0 Å². The first-order chi connectivity index (χ1) is 8.42. The number of aryl methyl sites for hydroxylation is 1. The molecule has 1 fully saturated rings. The van der Waals surface area contributed by atoms with E-state index in [4.69, 9.17) is 11.0 Å². The third kappa shape index (κ3) is 2.53. The molecule has 0 bridgehead atoms. The second-order valence-corrected chi connectivity index (χ2v) is 6.35. The SMILES string of the molecule is Cc1cc(S(=O)(=O)NC2CC(N)C2)ccc1C#N. The number of benzene rings is 1. The topological polar surface area (TPSA) is 96.0 Å². The van der Waals surface area contributed by atoms with Crippen molar-refractivity contribution in [3.63, 3.8) is 0 Å². The Hall–Kier alpha value is -1.42. The maximum atomic E-state index is 12.1. The lowest BCUT2D eigenvalue weighted by Crippen LogP contribution is -2.50. The van der Waals surface area contributed by atoms with Gasteiger partial charge in [-0.2, -0.15) is 5.26 Å². The molecule has 1 aromatic carbocycles. The zero-order valence-electron chi connectivity index (χ0n) is 10.1. The summed E-state index contributed by atoms with van der Waals surface area (Å²) in [5.41, 5.74) is 6.76. The molecule has 0 aromatic heterocycles. The van der Waals surface area contributed by atoms with E-state index in [0.717, 1.165) is 0 Å². The number of sulfonamides is 1. The quantitative estimate of drug-likeness (QED) is 0.838. The first kappa shape index (κ1) is 13.0. The van der Waals surface area contributed by atoms with E-state index in [2.05, 4.69) is 4.72 Å². The maximum absolute atomic E-state index is 12.1. The van der Waals surface area contributed by atoms with Crippen LogP contribution in [0.1, 0.15) is 24.0 Å². The van der Waals surface area contributed by atoms with Gasteiger partial charge in [-0.25, -0.2) is 13.1 Å². The number of nitrogens with two attached hydrogens (primary N) is 1. The van der Waals surface area contributed by atoms with Gasteiger partial charge in [-0.1, -0.05) is 0 Å². The zero-order chi connectivity index (χ0) is 13.3. The molecule has 0 unspecified atom stereocenters. The predicted molar refractivity (Wildman–Crippen MR) is 67.2 cm³/mol. The number of nitrogens with zero attached hydrogens (tertiary/aromatic N) is 1. The molecule has 18 heavy (non-hydrogen) atoms. The van der Waals surface area contributed by atoms with Gasteiger partial charge in [0.15, 0.2) is 0 Å². The molecule has 1 aliphatic carbocycles. The van der Waals surface area contributed by atoms with Crippen LogP contribution in [0.5, 0.6) is 0 Å². The Labute approximate surface area is 107 Å². The van der Waals surface area contributed by atoms with Crippen molar-refractivity contribution in [1.29, 1.82) is 5.26 Å². The van der Waals surface area contributed by atoms with E-state index < -0.39 is 10.0 Å². The third-order valence-corrected chi connectivity index (χ3v) is 4.64. The Morgan fingerprint density at radius 3 is 2.61 bits per heavy atom. The lowest BCUT2D eigenvalue weighted by molar-refractivity contribution is 0.327. The van der Waals surface area contributed by atoms with Crippen molar-refractivity contribution in [2.75, 3.05) is 0 Å². The fourth-order valence-electron chi connectivity index (χ4n) is 1.97. The van der Waals surface area contributed by atoms with E-state index in [1.807, 2.05) is 6.07 Å². The van der Waals surface area contributed by atoms with Crippen LogP contribution in [0, 0.1) is 18.3 Å². The molecule has 0 spiro atoms. The van der Waals surface area contributed by atoms with Crippen molar-refractivity contribution in [2.24, 2.45) is 5.73 Å². The van der Waals surface area contributed by atoms with Gasteiger partial charge in [0, 0.05) is 12.1 Å². The Bertz CT molecular complexity index is 598. The van der Waals surface area contributed by atoms with E-state index in [1.165, 1.54) is 18.2 Å².